The number of Topliss-reactive ketones (excluding diaryl/α,β-unsaturated/α-hetero) is 2. The zero-order valence-corrected chi connectivity index (χ0v) is 19.7. The Balaban J connectivity index is 0.000000672. The van der Waals surface area contributed by atoms with Crippen LogP contribution in [-0.2, 0) is 14.3 Å². The number of anilines is 1. The van der Waals surface area contributed by atoms with Crippen molar-refractivity contribution in [2.24, 2.45) is 11.7 Å². The summed E-state index contributed by atoms with van der Waals surface area (Å²) < 4.78 is 16.5. The van der Waals surface area contributed by atoms with Crippen LogP contribution in [0.2, 0.25) is 0 Å². The molecule has 0 radical (unpaired) electrons. The van der Waals surface area contributed by atoms with Gasteiger partial charge in [-0.3, -0.25) is 9.59 Å². The number of primary amides is 1. The minimum Gasteiger partial charge on any atom is -0.497 e. The molecule has 2 fully saturated rings. The van der Waals surface area contributed by atoms with Crippen molar-refractivity contribution in [1.82, 2.24) is 10.2 Å². The SMILES string of the molecule is COc1cc(NC2=C(C)C(=O)C3=C(C2=O)C(CO)C2(OC)C4NC4CN32)cc(OC)c1.NC(=O)O. The summed E-state index contributed by atoms with van der Waals surface area (Å²) >= 11 is 0. The van der Waals surface area contributed by atoms with Crippen molar-refractivity contribution in [2.45, 2.75) is 24.7 Å². The molecule has 3 aliphatic heterocycles. The second kappa shape index (κ2) is 8.87. The van der Waals surface area contributed by atoms with Crippen molar-refractivity contribution in [3.63, 3.8) is 0 Å². The first-order chi connectivity index (χ1) is 16.6. The summed E-state index contributed by atoms with van der Waals surface area (Å²) in [6, 6.07) is 5.32. The number of ketones is 2. The van der Waals surface area contributed by atoms with E-state index in [2.05, 4.69) is 16.4 Å². The van der Waals surface area contributed by atoms with Crippen LogP contribution in [0.25, 0.3) is 0 Å². The van der Waals surface area contributed by atoms with Crippen molar-refractivity contribution in [3.05, 3.63) is 40.7 Å². The van der Waals surface area contributed by atoms with Crippen molar-refractivity contribution in [2.75, 3.05) is 39.8 Å². The molecule has 12 heteroatoms. The summed E-state index contributed by atoms with van der Waals surface area (Å²) in [5.41, 5.74) is 4.83. The lowest BCUT2D eigenvalue weighted by Gasteiger charge is -2.39. The van der Waals surface area contributed by atoms with Crippen LogP contribution < -0.4 is 25.8 Å². The number of nitrogens with two attached hydrogens (primary N) is 1. The Morgan fingerprint density at radius 3 is 2.31 bits per heavy atom. The molecular formula is C23H28N4O8. The van der Waals surface area contributed by atoms with E-state index >= 15 is 0 Å². The summed E-state index contributed by atoms with van der Waals surface area (Å²) in [6.07, 6.45) is -1.33. The average Bonchev–Trinajstić information content (AvgIpc) is 3.44. The second-order valence-corrected chi connectivity index (χ2v) is 8.54. The Kier molecular flexibility index (Phi) is 6.21. The van der Waals surface area contributed by atoms with Gasteiger partial charge in [0.05, 0.1) is 44.2 Å². The fraction of sp³-hybridized carbons (Fsp3) is 0.435. The standard InChI is InChI=1S/C22H25N3O6.CH3NO2/c1-10-17(23-11-5-12(29-2)7-13(6-11)30-3)20(28)16-14(9-26)22(31-4)21-15(24-21)8-25(22)18(16)19(10)27;2-1(3)4/h5-7,14-15,21,23-24,26H,8-9H2,1-4H3;2H2,(H,3,4). The number of fused-ring (bicyclic) bond motifs is 4. The number of aliphatic hydroxyl groups is 1. The Hall–Kier alpha value is -3.61. The quantitative estimate of drug-likeness (QED) is 0.269. The van der Waals surface area contributed by atoms with E-state index in [1.807, 2.05) is 4.90 Å². The van der Waals surface area contributed by atoms with Crippen LogP contribution in [-0.4, -0.2) is 85.1 Å². The summed E-state index contributed by atoms with van der Waals surface area (Å²) in [5, 5.41) is 23.9. The van der Waals surface area contributed by atoms with Gasteiger partial charge in [0, 0.05) is 54.7 Å². The lowest BCUT2D eigenvalue weighted by Crippen LogP contribution is -2.54. The molecule has 4 atom stereocenters. The molecule has 0 aromatic heterocycles. The van der Waals surface area contributed by atoms with Gasteiger partial charge in [0.2, 0.25) is 11.6 Å². The predicted molar refractivity (Wildman–Crippen MR) is 123 cm³/mol. The van der Waals surface area contributed by atoms with Crippen LogP contribution in [0.15, 0.2) is 40.7 Å². The van der Waals surface area contributed by atoms with Crippen molar-refractivity contribution < 1.29 is 38.8 Å². The van der Waals surface area contributed by atoms with Gasteiger partial charge in [-0.1, -0.05) is 0 Å². The smallest absolute Gasteiger partial charge is 0.402 e. The third-order valence-corrected chi connectivity index (χ3v) is 6.84. The molecule has 4 aliphatic rings. The molecule has 2 saturated heterocycles. The van der Waals surface area contributed by atoms with Crippen molar-refractivity contribution in [1.29, 1.82) is 0 Å². The first-order valence-electron chi connectivity index (χ1n) is 10.9. The predicted octanol–water partition coefficient (Wildman–Crippen LogP) is 0.0395. The molecule has 0 spiro atoms. The highest BCUT2D eigenvalue weighted by atomic mass is 16.5. The highest BCUT2D eigenvalue weighted by Gasteiger charge is 2.72. The third-order valence-electron chi connectivity index (χ3n) is 6.84. The zero-order chi connectivity index (χ0) is 25.7. The van der Waals surface area contributed by atoms with Gasteiger partial charge in [-0.05, 0) is 6.92 Å². The Morgan fingerprint density at radius 1 is 1.20 bits per heavy atom. The van der Waals surface area contributed by atoms with Crippen LogP contribution in [0.4, 0.5) is 10.5 Å². The summed E-state index contributed by atoms with van der Waals surface area (Å²) in [4.78, 5) is 37.7. The number of amides is 1. The molecule has 4 unspecified atom stereocenters. The van der Waals surface area contributed by atoms with Crippen molar-refractivity contribution >= 4 is 23.3 Å². The van der Waals surface area contributed by atoms with Gasteiger partial charge in [0.15, 0.2) is 5.72 Å². The molecule has 0 bridgehead atoms. The maximum Gasteiger partial charge on any atom is 0.402 e. The lowest BCUT2D eigenvalue weighted by atomic mass is 9.82. The van der Waals surface area contributed by atoms with Gasteiger partial charge in [-0.2, -0.15) is 0 Å². The third kappa shape index (κ3) is 3.70. The van der Waals surface area contributed by atoms with Gasteiger partial charge in [-0.25, -0.2) is 4.79 Å². The number of allylic oxidation sites excluding steroid dienone is 2. The number of aliphatic hydroxyl groups excluding tert-OH is 1. The molecule has 12 nitrogen and oxygen atoms in total. The highest BCUT2D eigenvalue weighted by molar-refractivity contribution is 6.26. The van der Waals surface area contributed by atoms with Crippen molar-refractivity contribution in [3.8, 4) is 11.5 Å². The summed E-state index contributed by atoms with van der Waals surface area (Å²) in [5.74, 6) is -0.0673. The van der Waals surface area contributed by atoms with Gasteiger partial charge in [0.1, 0.15) is 11.5 Å². The molecule has 1 aromatic carbocycles. The molecule has 5 rings (SSSR count). The highest BCUT2D eigenvalue weighted by Crippen LogP contribution is 2.55. The lowest BCUT2D eigenvalue weighted by molar-refractivity contribution is -0.137. The molecule has 188 valence electrons. The average molecular weight is 488 g/mol. The Labute approximate surface area is 201 Å². The Morgan fingerprint density at radius 2 is 1.80 bits per heavy atom. The number of nitrogens with one attached hydrogen (secondary N) is 2. The molecule has 1 amide bonds. The molecule has 35 heavy (non-hydrogen) atoms. The topological polar surface area (TPSA) is 183 Å². The summed E-state index contributed by atoms with van der Waals surface area (Å²) in [7, 11) is 4.64. The minimum atomic E-state index is -1.33. The van der Waals surface area contributed by atoms with Gasteiger partial charge in [-0.15, -0.1) is 0 Å². The second-order valence-electron chi connectivity index (χ2n) is 8.54. The van der Waals surface area contributed by atoms with E-state index in [1.54, 1.807) is 32.2 Å². The van der Waals surface area contributed by atoms with Crippen LogP contribution >= 0.6 is 0 Å². The number of piperazine rings is 1. The van der Waals surface area contributed by atoms with E-state index in [0.29, 0.717) is 40.6 Å². The number of methoxy groups -OCH3 is 3. The number of hydrogen-bond acceptors (Lipinski definition) is 10. The van der Waals surface area contributed by atoms with Crippen LogP contribution in [0, 0.1) is 5.92 Å². The van der Waals surface area contributed by atoms with Crippen LogP contribution in [0.3, 0.4) is 0 Å². The van der Waals surface area contributed by atoms with E-state index in [4.69, 9.17) is 24.1 Å². The van der Waals surface area contributed by atoms with E-state index < -0.39 is 17.7 Å². The first kappa shape index (κ1) is 24.5. The van der Waals surface area contributed by atoms with Gasteiger partial charge < -0.3 is 45.7 Å². The van der Waals surface area contributed by atoms with Crippen LogP contribution in [0.1, 0.15) is 6.92 Å². The maximum atomic E-state index is 13.6. The molecule has 1 aromatic rings. The molecule has 1 aliphatic carbocycles. The number of ether oxygens (including phenoxy) is 3. The fourth-order valence-corrected chi connectivity index (χ4v) is 5.32. The van der Waals surface area contributed by atoms with E-state index in [-0.39, 0.29) is 36.0 Å². The zero-order valence-electron chi connectivity index (χ0n) is 19.7. The number of benzene rings is 1. The monoisotopic (exact) mass is 488 g/mol. The minimum absolute atomic E-state index is 0.0276. The molecule has 6 N–H and O–H groups in total. The maximum absolute atomic E-state index is 13.6. The number of carbonyl (C=O) groups is 3. The van der Waals surface area contributed by atoms with E-state index in [9.17, 15) is 14.7 Å². The summed E-state index contributed by atoms with van der Waals surface area (Å²) in [6.45, 7) is 1.90. The first-order valence-corrected chi connectivity index (χ1v) is 10.9. The van der Waals surface area contributed by atoms with Crippen LogP contribution in [0.5, 0.6) is 11.5 Å². The largest absolute Gasteiger partial charge is 0.497 e. The van der Waals surface area contributed by atoms with Gasteiger partial charge in [0.25, 0.3) is 0 Å². The van der Waals surface area contributed by atoms with E-state index in [0.717, 1.165) is 0 Å². The van der Waals surface area contributed by atoms with Gasteiger partial charge >= 0.3 is 6.09 Å². The normalized spacial score (nSPS) is 28.1. The molecular weight excluding hydrogens is 460 g/mol. The number of carbonyl (C=O) groups excluding carboxylic acids is 2. The Bertz CT molecular complexity index is 1140. The number of carboxylic acid groups (broad SMARTS) is 1. The number of hydrogen-bond donors (Lipinski definition) is 5. The van der Waals surface area contributed by atoms with E-state index in [1.165, 1.54) is 14.2 Å². The fourth-order valence-electron chi connectivity index (χ4n) is 5.32. The molecule has 3 heterocycles. The molecule has 0 saturated carbocycles. The number of nitrogens with zero attached hydrogens (tertiary/aromatic N) is 1. The number of rotatable bonds is 6.